The molecule has 0 aliphatic heterocycles. The summed E-state index contributed by atoms with van der Waals surface area (Å²) in [5, 5.41) is 5.66. The molecule has 0 saturated carbocycles. The van der Waals surface area contributed by atoms with E-state index in [0.717, 1.165) is 33.6 Å². The van der Waals surface area contributed by atoms with E-state index in [9.17, 15) is 0 Å². The van der Waals surface area contributed by atoms with Gasteiger partial charge in [0.05, 0.1) is 12.3 Å². The molecule has 0 fully saturated rings. The van der Waals surface area contributed by atoms with E-state index in [1.165, 1.54) is 0 Å². The SMILES string of the molecule is CCOc1ccc2c(c1)c(-c1cc(N)n(C)n1)c(C)n2C. The Bertz CT molecular complexity index is 794. The van der Waals surface area contributed by atoms with Gasteiger partial charge in [0.1, 0.15) is 11.6 Å². The Balaban J connectivity index is 2.29. The lowest BCUT2D eigenvalue weighted by molar-refractivity contribution is 0.341. The highest BCUT2D eigenvalue weighted by Gasteiger charge is 2.17. The number of anilines is 1. The third kappa shape index (κ3) is 2.05. The molecule has 0 spiro atoms. The molecule has 0 radical (unpaired) electrons. The van der Waals surface area contributed by atoms with Gasteiger partial charge in [-0.1, -0.05) is 0 Å². The van der Waals surface area contributed by atoms with Gasteiger partial charge in [0.2, 0.25) is 0 Å². The summed E-state index contributed by atoms with van der Waals surface area (Å²) in [4.78, 5) is 0. The van der Waals surface area contributed by atoms with Crippen LogP contribution in [0.1, 0.15) is 12.6 Å². The maximum Gasteiger partial charge on any atom is 0.121 e. The highest BCUT2D eigenvalue weighted by molar-refractivity contribution is 5.98. The van der Waals surface area contributed by atoms with E-state index < -0.39 is 0 Å². The molecule has 0 amide bonds. The van der Waals surface area contributed by atoms with Crippen molar-refractivity contribution in [1.29, 1.82) is 0 Å². The molecule has 2 heterocycles. The van der Waals surface area contributed by atoms with E-state index in [1.54, 1.807) is 4.68 Å². The van der Waals surface area contributed by atoms with Gasteiger partial charge in [0.25, 0.3) is 0 Å². The van der Waals surface area contributed by atoms with E-state index in [-0.39, 0.29) is 0 Å². The fraction of sp³-hybridized carbons (Fsp3) is 0.312. The smallest absolute Gasteiger partial charge is 0.121 e. The first kappa shape index (κ1) is 13.5. The summed E-state index contributed by atoms with van der Waals surface area (Å²) < 4.78 is 9.49. The Hall–Kier alpha value is -2.43. The van der Waals surface area contributed by atoms with Gasteiger partial charge in [-0.15, -0.1) is 0 Å². The minimum absolute atomic E-state index is 0.655. The van der Waals surface area contributed by atoms with Crippen LogP contribution in [0, 0.1) is 6.92 Å². The molecule has 2 N–H and O–H groups in total. The fourth-order valence-corrected chi connectivity index (χ4v) is 2.73. The molecule has 1 aromatic carbocycles. The molecule has 21 heavy (non-hydrogen) atoms. The van der Waals surface area contributed by atoms with Crippen LogP contribution in [-0.4, -0.2) is 21.0 Å². The number of aromatic nitrogens is 3. The van der Waals surface area contributed by atoms with Crippen molar-refractivity contribution in [3.63, 3.8) is 0 Å². The van der Waals surface area contributed by atoms with E-state index in [4.69, 9.17) is 10.5 Å². The van der Waals surface area contributed by atoms with E-state index >= 15 is 0 Å². The number of rotatable bonds is 3. The molecule has 0 bridgehead atoms. The van der Waals surface area contributed by atoms with Gasteiger partial charge in [-0.2, -0.15) is 5.10 Å². The number of hydrogen-bond acceptors (Lipinski definition) is 3. The van der Waals surface area contributed by atoms with E-state index in [0.29, 0.717) is 12.4 Å². The number of hydrogen-bond donors (Lipinski definition) is 1. The number of benzene rings is 1. The summed E-state index contributed by atoms with van der Waals surface area (Å²) in [7, 11) is 3.92. The van der Waals surface area contributed by atoms with Gasteiger partial charge >= 0.3 is 0 Å². The third-order valence-corrected chi connectivity index (χ3v) is 3.95. The van der Waals surface area contributed by atoms with Crippen molar-refractivity contribution >= 4 is 16.7 Å². The minimum atomic E-state index is 0.655. The zero-order valence-electron chi connectivity index (χ0n) is 12.8. The summed E-state index contributed by atoms with van der Waals surface area (Å²) >= 11 is 0. The van der Waals surface area contributed by atoms with Crippen LogP contribution in [0.4, 0.5) is 5.82 Å². The minimum Gasteiger partial charge on any atom is -0.494 e. The lowest BCUT2D eigenvalue weighted by atomic mass is 10.1. The second kappa shape index (κ2) is 4.84. The highest BCUT2D eigenvalue weighted by atomic mass is 16.5. The lowest BCUT2D eigenvalue weighted by Gasteiger charge is -2.03. The van der Waals surface area contributed by atoms with Crippen molar-refractivity contribution in [3.05, 3.63) is 30.0 Å². The summed E-state index contributed by atoms with van der Waals surface area (Å²) in [6.07, 6.45) is 0. The Kier molecular flexibility index (Phi) is 3.12. The molecular formula is C16H20N4O. The zero-order valence-corrected chi connectivity index (χ0v) is 12.8. The number of aryl methyl sites for hydroxylation is 2. The van der Waals surface area contributed by atoms with Crippen LogP contribution in [0.2, 0.25) is 0 Å². The quantitative estimate of drug-likeness (QED) is 0.804. The predicted molar refractivity (Wildman–Crippen MR) is 85.4 cm³/mol. The first-order chi connectivity index (χ1) is 10.0. The number of ether oxygens (including phenoxy) is 1. The topological polar surface area (TPSA) is 58.0 Å². The van der Waals surface area contributed by atoms with Crippen molar-refractivity contribution < 1.29 is 4.74 Å². The van der Waals surface area contributed by atoms with Crippen molar-refractivity contribution in [2.24, 2.45) is 14.1 Å². The third-order valence-electron chi connectivity index (χ3n) is 3.95. The largest absolute Gasteiger partial charge is 0.494 e. The van der Waals surface area contributed by atoms with Gasteiger partial charge in [-0.3, -0.25) is 4.68 Å². The molecule has 5 nitrogen and oxygen atoms in total. The second-order valence-electron chi connectivity index (χ2n) is 5.21. The maximum absolute atomic E-state index is 5.93. The summed E-state index contributed by atoms with van der Waals surface area (Å²) in [5.74, 6) is 1.53. The molecule has 3 rings (SSSR count). The van der Waals surface area contributed by atoms with Gasteiger partial charge in [0.15, 0.2) is 0 Å². The number of fused-ring (bicyclic) bond motifs is 1. The average molecular weight is 284 g/mol. The summed E-state index contributed by atoms with van der Waals surface area (Å²) in [6, 6.07) is 8.08. The molecule has 0 aliphatic rings. The Morgan fingerprint density at radius 1 is 1.24 bits per heavy atom. The maximum atomic E-state index is 5.93. The zero-order chi connectivity index (χ0) is 15.1. The molecule has 0 atom stereocenters. The molecule has 0 unspecified atom stereocenters. The number of nitrogens with zero attached hydrogens (tertiary/aromatic N) is 3. The summed E-state index contributed by atoms with van der Waals surface area (Å²) in [5.41, 5.74) is 10.3. The Morgan fingerprint density at radius 2 is 2.00 bits per heavy atom. The van der Waals surface area contributed by atoms with Crippen LogP contribution in [0.3, 0.4) is 0 Å². The van der Waals surface area contributed by atoms with Crippen LogP contribution < -0.4 is 10.5 Å². The molecule has 0 aliphatic carbocycles. The molecule has 110 valence electrons. The molecular weight excluding hydrogens is 264 g/mol. The molecule has 3 aromatic rings. The standard InChI is InChI=1S/C16H20N4O/c1-5-21-11-6-7-14-12(8-11)16(10(2)19(14)3)13-9-15(17)20(4)18-13/h6-9H,5,17H2,1-4H3. The van der Waals surface area contributed by atoms with Crippen LogP contribution in [0.25, 0.3) is 22.2 Å². The monoisotopic (exact) mass is 284 g/mol. The van der Waals surface area contributed by atoms with Crippen molar-refractivity contribution in [2.75, 3.05) is 12.3 Å². The van der Waals surface area contributed by atoms with E-state index in [2.05, 4.69) is 35.8 Å². The first-order valence-corrected chi connectivity index (χ1v) is 7.04. The average Bonchev–Trinajstić information content (AvgIpc) is 2.89. The van der Waals surface area contributed by atoms with Crippen molar-refractivity contribution in [3.8, 4) is 17.0 Å². The number of nitrogen functional groups attached to an aromatic ring is 1. The van der Waals surface area contributed by atoms with Crippen LogP contribution in [0.15, 0.2) is 24.3 Å². The van der Waals surface area contributed by atoms with Crippen molar-refractivity contribution in [1.82, 2.24) is 14.3 Å². The van der Waals surface area contributed by atoms with Gasteiger partial charge < -0.3 is 15.0 Å². The molecule has 0 saturated heterocycles. The first-order valence-electron chi connectivity index (χ1n) is 7.04. The molecule has 2 aromatic heterocycles. The van der Waals surface area contributed by atoms with Crippen LogP contribution in [0.5, 0.6) is 5.75 Å². The summed E-state index contributed by atoms with van der Waals surface area (Å²) in [6.45, 7) is 4.74. The van der Waals surface area contributed by atoms with Crippen LogP contribution >= 0.6 is 0 Å². The normalized spacial score (nSPS) is 11.2. The lowest BCUT2D eigenvalue weighted by Crippen LogP contribution is -1.96. The van der Waals surface area contributed by atoms with Crippen LogP contribution in [-0.2, 0) is 14.1 Å². The second-order valence-corrected chi connectivity index (χ2v) is 5.21. The fourth-order valence-electron chi connectivity index (χ4n) is 2.73. The number of nitrogens with two attached hydrogens (primary N) is 1. The van der Waals surface area contributed by atoms with E-state index in [1.807, 2.05) is 26.1 Å². The highest BCUT2D eigenvalue weighted by Crippen LogP contribution is 2.35. The molecule has 5 heteroatoms. The van der Waals surface area contributed by atoms with Gasteiger partial charge in [-0.05, 0) is 32.0 Å². The van der Waals surface area contributed by atoms with Gasteiger partial charge in [0, 0.05) is 42.3 Å². The van der Waals surface area contributed by atoms with Crippen molar-refractivity contribution in [2.45, 2.75) is 13.8 Å². The van der Waals surface area contributed by atoms with Gasteiger partial charge in [-0.25, -0.2) is 0 Å². The Morgan fingerprint density at radius 3 is 2.62 bits per heavy atom. The Labute approximate surface area is 123 Å². The predicted octanol–water partition coefficient (Wildman–Crippen LogP) is 2.87.